The third-order valence-corrected chi connectivity index (χ3v) is 8.61. The Kier molecular flexibility index (Phi) is 12.5. The molecular formula is C37H36F4N4OS. The average Bonchev–Trinajstić information content (AvgIpc) is 3.03. The number of alkyl halides is 3. The Morgan fingerprint density at radius 1 is 0.936 bits per heavy atom. The minimum Gasteiger partial charge on any atom is -0.406 e. The monoisotopic (exact) mass is 660 g/mol. The third-order valence-electron chi connectivity index (χ3n) is 7.37. The van der Waals surface area contributed by atoms with Crippen molar-refractivity contribution in [3.8, 4) is 5.75 Å². The van der Waals surface area contributed by atoms with Gasteiger partial charge in [-0.15, -0.1) is 30.0 Å². The van der Waals surface area contributed by atoms with Gasteiger partial charge in [-0.25, -0.2) is 9.38 Å². The number of nitrogens with one attached hydrogen (secondary N) is 1. The molecule has 1 unspecified atom stereocenters. The van der Waals surface area contributed by atoms with Gasteiger partial charge in [-0.2, -0.15) is 5.10 Å². The molecule has 1 atom stereocenters. The molecule has 0 aromatic heterocycles. The second-order valence-electron chi connectivity index (χ2n) is 10.9. The molecule has 0 amide bonds. The highest BCUT2D eigenvalue weighted by Crippen LogP contribution is 2.26. The first-order chi connectivity index (χ1) is 22.5. The van der Waals surface area contributed by atoms with E-state index in [0.717, 1.165) is 29.0 Å². The van der Waals surface area contributed by atoms with Gasteiger partial charge in [0.15, 0.2) is 0 Å². The van der Waals surface area contributed by atoms with E-state index in [1.807, 2.05) is 30.3 Å². The van der Waals surface area contributed by atoms with E-state index in [-0.39, 0.29) is 17.5 Å². The number of thioether (sulfide) groups is 1. The van der Waals surface area contributed by atoms with Crippen LogP contribution in [-0.2, 0) is 12.2 Å². The molecule has 0 spiro atoms. The molecule has 0 saturated heterocycles. The average molecular weight is 661 g/mol. The molecule has 5 nitrogen and oxygen atoms in total. The van der Waals surface area contributed by atoms with Gasteiger partial charge in [0, 0.05) is 17.4 Å². The van der Waals surface area contributed by atoms with Crippen LogP contribution < -0.4 is 10.1 Å². The zero-order valence-electron chi connectivity index (χ0n) is 26.4. The second-order valence-corrected chi connectivity index (χ2v) is 11.9. The largest absolute Gasteiger partial charge is 0.573 e. The number of hydrogen-bond donors (Lipinski definition) is 1. The summed E-state index contributed by atoms with van der Waals surface area (Å²) in [4.78, 5) is 4.28. The Bertz CT molecular complexity index is 1710. The van der Waals surface area contributed by atoms with Crippen molar-refractivity contribution >= 4 is 40.7 Å². The first kappa shape index (κ1) is 35.2. The van der Waals surface area contributed by atoms with Crippen LogP contribution >= 0.6 is 11.8 Å². The van der Waals surface area contributed by atoms with Crippen LogP contribution in [0.1, 0.15) is 46.7 Å². The smallest absolute Gasteiger partial charge is 0.406 e. The summed E-state index contributed by atoms with van der Waals surface area (Å²) in [6.45, 7) is 10.4. The summed E-state index contributed by atoms with van der Waals surface area (Å²) in [7, 11) is 0. The summed E-state index contributed by atoms with van der Waals surface area (Å²) >= 11 is 1.50. The molecular weight excluding hydrogens is 624 g/mol. The van der Waals surface area contributed by atoms with Crippen LogP contribution in [0.4, 0.5) is 23.2 Å². The normalized spacial score (nSPS) is 12.9. The van der Waals surface area contributed by atoms with Gasteiger partial charge in [0.25, 0.3) is 0 Å². The van der Waals surface area contributed by atoms with E-state index >= 15 is 0 Å². The molecule has 0 aliphatic rings. The molecule has 0 aliphatic heterocycles. The molecule has 244 valence electrons. The summed E-state index contributed by atoms with van der Waals surface area (Å²) in [5, 5.41) is 12.7. The summed E-state index contributed by atoms with van der Waals surface area (Å²) in [6, 6.07) is 25.9. The molecule has 0 heterocycles. The number of aryl methyl sites for hydroxylation is 2. The van der Waals surface area contributed by atoms with E-state index in [4.69, 9.17) is 0 Å². The molecule has 10 heteroatoms. The zero-order valence-corrected chi connectivity index (χ0v) is 27.2. The highest BCUT2D eigenvalue weighted by molar-refractivity contribution is 8.13. The van der Waals surface area contributed by atoms with Gasteiger partial charge < -0.3 is 10.1 Å². The highest BCUT2D eigenvalue weighted by atomic mass is 32.2. The number of aliphatic imine (C=N–C) groups is 1. The van der Waals surface area contributed by atoms with Gasteiger partial charge in [-0.3, -0.25) is 0 Å². The SMILES string of the molecule is C=C(N=CNc1ccc(OC(F)(F)F)cc1)c1ccc(/C=N\N=C(\SCc2ccccc2F)C(C)CCc2c(C)cccc2C)cc1. The van der Waals surface area contributed by atoms with Crippen molar-refractivity contribution < 1.29 is 22.3 Å². The molecule has 4 rings (SSSR count). The molecule has 0 bridgehead atoms. The zero-order chi connectivity index (χ0) is 33.8. The maximum absolute atomic E-state index is 14.3. The van der Waals surface area contributed by atoms with Crippen molar-refractivity contribution in [2.24, 2.45) is 21.1 Å². The van der Waals surface area contributed by atoms with Gasteiger partial charge in [0.05, 0.1) is 23.3 Å². The van der Waals surface area contributed by atoms with Gasteiger partial charge in [0.2, 0.25) is 0 Å². The Hall–Kier alpha value is -4.70. The summed E-state index contributed by atoms with van der Waals surface area (Å²) < 4.78 is 55.2. The Morgan fingerprint density at radius 3 is 2.28 bits per heavy atom. The number of anilines is 1. The van der Waals surface area contributed by atoms with Crippen molar-refractivity contribution in [2.75, 3.05) is 5.32 Å². The first-order valence-electron chi connectivity index (χ1n) is 14.9. The molecule has 4 aromatic carbocycles. The van der Waals surface area contributed by atoms with Crippen LogP contribution in [0.5, 0.6) is 5.75 Å². The molecule has 4 aromatic rings. The highest BCUT2D eigenvalue weighted by Gasteiger charge is 2.30. The van der Waals surface area contributed by atoms with Crippen molar-refractivity contribution in [1.82, 2.24) is 0 Å². The summed E-state index contributed by atoms with van der Waals surface area (Å²) in [6.07, 6.45) is 0.137. The lowest BCUT2D eigenvalue weighted by atomic mass is 9.95. The Labute approximate surface area is 277 Å². The topological polar surface area (TPSA) is 58.3 Å². The number of nitrogens with zero attached hydrogens (tertiary/aromatic N) is 3. The maximum Gasteiger partial charge on any atom is 0.573 e. The first-order valence-corrected chi connectivity index (χ1v) is 15.9. The lowest BCUT2D eigenvalue weighted by molar-refractivity contribution is -0.274. The number of rotatable bonds is 13. The fraction of sp³-hybridized carbons (Fsp3) is 0.216. The molecule has 1 N–H and O–H groups in total. The number of benzene rings is 4. The van der Waals surface area contributed by atoms with Crippen molar-refractivity contribution in [2.45, 2.75) is 45.7 Å². The van der Waals surface area contributed by atoms with Gasteiger partial charge >= 0.3 is 6.36 Å². The summed E-state index contributed by atoms with van der Waals surface area (Å²) in [5.74, 6) is 0.0327. The second kappa shape index (κ2) is 16.7. The van der Waals surface area contributed by atoms with Gasteiger partial charge in [0.1, 0.15) is 11.6 Å². The minimum atomic E-state index is -4.74. The lowest BCUT2D eigenvalue weighted by Gasteiger charge is -2.16. The van der Waals surface area contributed by atoms with E-state index in [1.54, 1.807) is 18.3 Å². The standard InChI is InChI=1S/C37H36F4N4OS/c1-25-8-7-9-26(2)34(25)21-12-27(3)36(47-23-31-10-5-6-11-35(31)38)45-44-22-29-13-15-30(16-14-29)28(4)42-24-43-32-17-19-33(20-18-32)46-37(39,40)41/h5-11,13-20,22,24,27H,4,12,21,23H2,1-3H3,(H,42,43)/b44-22-,45-36+. The molecule has 0 radical (unpaired) electrons. The van der Waals surface area contributed by atoms with Crippen molar-refractivity contribution in [1.29, 1.82) is 0 Å². The van der Waals surface area contributed by atoms with Crippen molar-refractivity contribution in [3.63, 3.8) is 0 Å². The third kappa shape index (κ3) is 11.2. The predicted molar refractivity (Wildman–Crippen MR) is 187 cm³/mol. The molecule has 0 aliphatic carbocycles. The van der Waals surface area contributed by atoms with E-state index in [9.17, 15) is 17.6 Å². The summed E-state index contributed by atoms with van der Waals surface area (Å²) in [5.41, 5.74) is 7.14. The van der Waals surface area contributed by atoms with Crippen molar-refractivity contribution in [3.05, 3.63) is 137 Å². The maximum atomic E-state index is 14.3. The van der Waals surface area contributed by atoms with E-state index in [2.05, 4.69) is 70.8 Å². The van der Waals surface area contributed by atoms with Crippen LogP contribution in [-0.4, -0.2) is 24.0 Å². The van der Waals surface area contributed by atoms with E-state index < -0.39 is 6.36 Å². The number of ether oxygens (including phenoxy) is 1. The van der Waals surface area contributed by atoms with E-state index in [1.165, 1.54) is 65.1 Å². The molecule has 0 fully saturated rings. The minimum absolute atomic E-state index is 0.117. The lowest BCUT2D eigenvalue weighted by Crippen LogP contribution is -2.17. The number of hydrogen-bond acceptors (Lipinski definition) is 5. The predicted octanol–water partition coefficient (Wildman–Crippen LogP) is 10.4. The van der Waals surface area contributed by atoms with Gasteiger partial charge in [-0.1, -0.05) is 74.2 Å². The van der Waals surface area contributed by atoms with Crippen LogP contribution in [0.25, 0.3) is 5.70 Å². The quantitative estimate of drug-likeness (QED) is 0.0672. The van der Waals surface area contributed by atoms with Crippen LogP contribution in [0, 0.1) is 25.6 Å². The van der Waals surface area contributed by atoms with Crippen LogP contribution in [0.3, 0.4) is 0 Å². The Balaban J connectivity index is 1.38. The van der Waals surface area contributed by atoms with Gasteiger partial charge in [-0.05, 0) is 90.4 Å². The fourth-order valence-corrected chi connectivity index (χ4v) is 5.74. The Morgan fingerprint density at radius 2 is 1.62 bits per heavy atom. The van der Waals surface area contributed by atoms with Crippen LogP contribution in [0.2, 0.25) is 0 Å². The number of halogens is 4. The van der Waals surface area contributed by atoms with E-state index in [0.29, 0.717) is 22.7 Å². The van der Waals surface area contributed by atoms with Crippen LogP contribution in [0.15, 0.2) is 113 Å². The molecule has 0 saturated carbocycles. The fourth-order valence-electron chi connectivity index (χ4n) is 4.69. The molecule has 47 heavy (non-hydrogen) atoms.